The van der Waals surface area contributed by atoms with Crippen LogP contribution in [0.4, 0.5) is 0 Å². The topological polar surface area (TPSA) is 94.5 Å². The first-order valence-electron chi connectivity index (χ1n) is 6.58. The number of hydrazine groups is 1. The molecular weight excluding hydrogens is 286 g/mol. The van der Waals surface area contributed by atoms with Gasteiger partial charge >= 0.3 is 0 Å². The van der Waals surface area contributed by atoms with E-state index in [1.807, 2.05) is 37.3 Å². The monoisotopic (exact) mass is 301 g/mol. The molecule has 21 heavy (non-hydrogen) atoms. The van der Waals surface area contributed by atoms with Gasteiger partial charge in [-0.15, -0.1) is 10.2 Å². The van der Waals surface area contributed by atoms with Crippen molar-refractivity contribution in [3.8, 4) is 5.69 Å². The van der Waals surface area contributed by atoms with Crippen molar-refractivity contribution in [1.29, 1.82) is 0 Å². The lowest BCUT2D eigenvalue weighted by Crippen LogP contribution is -2.30. The third-order valence-electron chi connectivity index (χ3n) is 3.22. The number of nitrogens with zero attached hydrogens (tertiary/aromatic N) is 5. The molecule has 108 valence electrons. The van der Waals surface area contributed by atoms with Gasteiger partial charge in [-0.3, -0.25) is 5.84 Å². The lowest BCUT2D eigenvalue weighted by molar-refractivity contribution is 0.598. The summed E-state index contributed by atoms with van der Waals surface area (Å²) in [7, 11) is 0. The second kappa shape index (κ2) is 6.08. The molecule has 1 atom stereocenters. The Labute approximate surface area is 125 Å². The molecule has 0 aliphatic rings. The van der Waals surface area contributed by atoms with Gasteiger partial charge in [0.1, 0.15) is 6.04 Å². The van der Waals surface area contributed by atoms with Crippen LogP contribution in [0.15, 0.2) is 36.5 Å². The minimum Gasteiger partial charge on any atom is -0.270 e. The maximum Gasteiger partial charge on any atom is 0.103 e. The van der Waals surface area contributed by atoms with Gasteiger partial charge in [0, 0.05) is 0 Å². The van der Waals surface area contributed by atoms with Gasteiger partial charge < -0.3 is 0 Å². The van der Waals surface area contributed by atoms with Crippen LogP contribution in [0.3, 0.4) is 0 Å². The summed E-state index contributed by atoms with van der Waals surface area (Å²) in [4.78, 5) is 0.986. The van der Waals surface area contributed by atoms with Crippen molar-refractivity contribution in [2.75, 3.05) is 0 Å². The smallest absolute Gasteiger partial charge is 0.103 e. The molecule has 0 fully saturated rings. The van der Waals surface area contributed by atoms with E-state index in [0.717, 1.165) is 28.4 Å². The number of benzene rings is 1. The van der Waals surface area contributed by atoms with Gasteiger partial charge in [0.15, 0.2) is 0 Å². The van der Waals surface area contributed by atoms with E-state index < -0.39 is 0 Å². The number of aromatic nitrogens is 5. The van der Waals surface area contributed by atoms with Crippen molar-refractivity contribution in [2.45, 2.75) is 19.4 Å². The fourth-order valence-electron chi connectivity index (χ4n) is 2.18. The fourth-order valence-corrected chi connectivity index (χ4v) is 3.00. The van der Waals surface area contributed by atoms with E-state index >= 15 is 0 Å². The van der Waals surface area contributed by atoms with E-state index in [1.165, 1.54) is 11.5 Å². The molecule has 0 radical (unpaired) electrons. The van der Waals surface area contributed by atoms with Crippen LogP contribution in [-0.2, 0) is 6.42 Å². The Hall–Kier alpha value is -2.16. The second-order valence-electron chi connectivity index (χ2n) is 4.44. The highest BCUT2D eigenvalue weighted by atomic mass is 32.1. The van der Waals surface area contributed by atoms with Crippen LogP contribution in [0.2, 0.25) is 0 Å². The zero-order chi connectivity index (χ0) is 14.7. The zero-order valence-electron chi connectivity index (χ0n) is 11.5. The molecule has 0 aliphatic heterocycles. The predicted octanol–water partition coefficient (Wildman–Crippen LogP) is 1.23. The molecule has 0 spiro atoms. The highest BCUT2D eigenvalue weighted by Gasteiger charge is 2.23. The van der Waals surface area contributed by atoms with Crippen molar-refractivity contribution in [3.63, 3.8) is 0 Å². The highest BCUT2D eigenvalue weighted by Crippen LogP contribution is 2.27. The van der Waals surface area contributed by atoms with Crippen LogP contribution in [0.25, 0.3) is 5.69 Å². The molecule has 0 bridgehead atoms. The van der Waals surface area contributed by atoms with Crippen LogP contribution >= 0.6 is 11.5 Å². The Balaban J connectivity index is 2.05. The molecule has 2 heterocycles. The van der Waals surface area contributed by atoms with Crippen LogP contribution < -0.4 is 11.3 Å². The number of hydrogen-bond acceptors (Lipinski definition) is 7. The van der Waals surface area contributed by atoms with E-state index in [2.05, 4.69) is 25.3 Å². The Morgan fingerprint density at radius 1 is 1.33 bits per heavy atom. The van der Waals surface area contributed by atoms with E-state index in [-0.39, 0.29) is 6.04 Å². The summed E-state index contributed by atoms with van der Waals surface area (Å²) in [6.45, 7) is 2.04. The summed E-state index contributed by atoms with van der Waals surface area (Å²) < 4.78 is 5.79. The number of nitrogens with one attached hydrogen (secondary N) is 1. The van der Waals surface area contributed by atoms with Gasteiger partial charge in [0.25, 0.3) is 0 Å². The predicted molar refractivity (Wildman–Crippen MR) is 79.8 cm³/mol. The zero-order valence-corrected chi connectivity index (χ0v) is 12.3. The van der Waals surface area contributed by atoms with Gasteiger partial charge in [0.2, 0.25) is 0 Å². The first kappa shape index (κ1) is 13.8. The molecule has 8 heteroatoms. The van der Waals surface area contributed by atoms with Crippen molar-refractivity contribution in [2.24, 2.45) is 5.84 Å². The highest BCUT2D eigenvalue weighted by molar-refractivity contribution is 7.05. The number of hydrogen-bond donors (Lipinski definition) is 2. The molecule has 1 aromatic carbocycles. The Bertz CT molecular complexity index is 706. The van der Waals surface area contributed by atoms with Crippen LogP contribution in [0.5, 0.6) is 0 Å². The molecule has 1 unspecified atom stereocenters. The van der Waals surface area contributed by atoms with E-state index in [9.17, 15) is 0 Å². The molecule has 0 amide bonds. The molecule has 0 aliphatic carbocycles. The second-order valence-corrected chi connectivity index (χ2v) is 5.23. The molecule has 0 saturated carbocycles. The summed E-state index contributed by atoms with van der Waals surface area (Å²) in [5.74, 6) is 5.76. The van der Waals surface area contributed by atoms with Crippen molar-refractivity contribution in [1.82, 2.24) is 30.0 Å². The number of aryl methyl sites for hydroxylation is 1. The van der Waals surface area contributed by atoms with Crippen LogP contribution in [0.1, 0.15) is 29.2 Å². The van der Waals surface area contributed by atoms with E-state index in [4.69, 9.17) is 5.84 Å². The van der Waals surface area contributed by atoms with Gasteiger partial charge in [-0.2, -0.15) is 0 Å². The molecule has 3 aromatic rings. The molecule has 0 saturated heterocycles. The van der Waals surface area contributed by atoms with Gasteiger partial charge in [-0.1, -0.05) is 34.8 Å². The first-order chi connectivity index (χ1) is 10.3. The minimum atomic E-state index is -0.241. The van der Waals surface area contributed by atoms with Crippen molar-refractivity contribution < 1.29 is 0 Å². The largest absolute Gasteiger partial charge is 0.270 e. The lowest BCUT2D eigenvalue weighted by Gasteiger charge is -2.15. The average Bonchev–Trinajstić information content (AvgIpc) is 3.18. The molecule has 2 aromatic heterocycles. The SMILES string of the molecule is CCc1nnsc1C(NN)c1cnnn1-c1ccccc1. The summed E-state index contributed by atoms with van der Waals surface area (Å²) in [6.07, 6.45) is 2.51. The first-order valence-corrected chi connectivity index (χ1v) is 7.35. The Morgan fingerprint density at radius 3 is 2.86 bits per heavy atom. The van der Waals surface area contributed by atoms with Gasteiger partial charge in [-0.05, 0) is 30.1 Å². The quantitative estimate of drug-likeness (QED) is 0.544. The normalized spacial score (nSPS) is 12.5. The molecular formula is C13H15N7S. The Morgan fingerprint density at radius 2 is 2.14 bits per heavy atom. The van der Waals surface area contributed by atoms with Crippen LogP contribution in [0, 0.1) is 0 Å². The third kappa shape index (κ3) is 2.56. The minimum absolute atomic E-state index is 0.241. The standard InChI is InChI=1S/C13H15N7S/c1-2-10-13(21-19-17-10)12(16-14)11-8-15-18-20(11)9-6-4-3-5-7-9/h3-8,12,16H,2,14H2,1H3. The maximum absolute atomic E-state index is 5.76. The van der Waals surface area contributed by atoms with Crippen LogP contribution in [-0.4, -0.2) is 24.6 Å². The summed E-state index contributed by atoms with van der Waals surface area (Å²) in [5.41, 5.74) is 5.54. The summed E-state index contributed by atoms with van der Waals surface area (Å²) >= 11 is 1.34. The van der Waals surface area contributed by atoms with E-state index in [0.29, 0.717) is 0 Å². The van der Waals surface area contributed by atoms with Gasteiger partial charge in [-0.25, -0.2) is 10.1 Å². The third-order valence-corrected chi connectivity index (χ3v) is 4.05. The fraction of sp³-hybridized carbons (Fsp3) is 0.231. The number of para-hydroxylation sites is 1. The Kier molecular flexibility index (Phi) is 4.00. The number of nitrogens with two attached hydrogens (primary N) is 1. The molecule has 3 N–H and O–H groups in total. The lowest BCUT2D eigenvalue weighted by atomic mass is 10.1. The molecule has 3 rings (SSSR count). The van der Waals surface area contributed by atoms with E-state index in [1.54, 1.807) is 10.9 Å². The summed E-state index contributed by atoms with van der Waals surface area (Å²) in [6, 6.07) is 9.57. The van der Waals surface area contributed by atoms with Crippen molar-refractivity contribution >= 4 is 11.5 Å². The number of rotatable bonds is 5. The van der Waals surface area contributed by atoms with Crippen molar-refractivity contribution in [3.05, 3.63) is 52.8 Å². The van der Waals surface area contributed by atoms with Gasteiger partial charge in [0.05, 0.1) is 28.1 Å². The average molecular weight is 301 g/mol. The summed E-state index contributed by atoms with van der Waals surface area (Å²) in [5, 5.41) is 12.3. The molecule has 7 nitrogen and oxygen atoms in total. The maximum atomic E-state index is 5.76.